The van der Waals surface area contributed by atoms with Crippen LogP contribution in [-0.4, -0.2) is 118 Å². The standard InChI is InChI=1S/C15H26O12/c1-14(22-2)23-4-7-11(26-14)9(19)10(20)13(24-7)27-15(5-17)12(21)8(18)6(3-16)25-15/h6-13,16-21H,3-5H2,1-2H3/t6-,7+,8+,9-,10-,11+,12-,13-,14-,15+/m1/s1. The largest absolute Gasteiger partial charge is 0.394 e. The molecule has 3 rings (SSSR count). The molecule has 0 unspecified atom stereocenters. The first-order valence-corrected chi connectivity index (χ1v) is 8.52. The second-order valence-corrected chi connectivity index (χ2v) is 6.85. The van der Waals surface area contributed by atoms with Gasteiger partial charge in [-0.25, -0.2) is 0 Å². The van der Waals surface area contributed by atoms with Gasteiger partial charge in [-0.1, -0.05) is 0 Å². The molecule has 0 radical (unpaired) electrons. The zero-order valence-corrected chi connectivity index (χ0v) is 14.9. The highest BCUT2D eigenvalue weighted by atomic mass is 16.9. The number of aliphatic hydroxyl groups is 6. The first-order chi connectivity index (χ1) is 12.7. The van der Waals surface area contributed by atoms with Gasteiger partial charge in [0.25, 0.3) is 5.97 Å². The van der Waals surface area contributed by atoms with Crippen LogP contribution in [0.15, 0.2) is 0 Å². The molecule has 158 valence electrons. The molecule has 0 aliphatic carbocycles. The SMILES string of the molecule is CO[C@]1(C)OC[C@@H]2O[C@H](O[C@]3(CO)O[C@H](CO)[C@H](O)[C@H]3O)[C@H](O)[C@@H](O)[C@H]2O1. The lowest BCUT2D eigenvalue weighted by atomic mass is 9.97. The van der Waals surface area contributed by atoms with Crippen molar-refractivity contribution in [3.63, 3.8) is 0 Å². The number of hydrogen-bond donors (Lipinski definition) is 6. The Morgan fingerprint density at radius 2 is 1.74 bits per heavy atom. The van der Waals surface area contributed by atoms with E-state index in [0.29, 0.717) is 0 Å². The Labute approximate surface area is 154 Å². The van der Waals surface area contributed by atoms with Crippen LogP contribution < -0.4 is 0 Å². The molecule has 0 spiro atoms. The maximum absolute atomic E-state index is 10.4. The molecule has 0 amide bonds. The second kappa shape index (κ2) is 7.74. The lowest BCUT2D eigenvalue weighted by molar-refractivity contribution is -0.459. The molecule has 3 fully saturated rings. The summed E-state index contributed by atoms with van der Waals surface area (Å²) in [6.07, 6.45) is -11.0. The average molecular weight is 398 g/mol. The van der Waals surface area contributed by atoms with Crippen LogP contribution in [-0.2, 0) is 28.4 Å². The molecule has 0 aromatic carbocycles. The molecule has 10 atom stereocenters. The van der Waals surface area contributed by atoms with Crippen molar-refractivity contribution in [1.82, 2.24) is 0 Å². The Morgan fingerprint density at radius 1 is 1.04 bits per heavy atom. The summed E-state index contributed by atoms with van der Waals surface area (Å²) >= 11 is 0. The zero-order valence-electron chi connectivity index (χ0n) is 14.9. The van der Waals surface area contributed by atoms with E-state index in [1.165, 1.54) is 14.0 Å². The van der Waals surface area contributed by atoms with Crippen molar-refractivity contribution in [2.24, 2.45) is 0 Å². The summed E-state index contributed by atoms with van der Waals surface area (Å²) in [6, 6.07) is 0. The molecule has 27 heavy (non-hydrogen) atoms. The topological polar surface area (TPSA) is 177 Å². The molecule has 0 bridgehead atoms. The van der Waals surface area contributed by atoms with Gasteiger partial charge in [0, 0.05) is 14.0 Å². The van der Waals surface area contributed by atoms with Crippen LogP contribution in [0.4, 0.5) is 0 Å². The van der Waals surface area contributed by atoms with Crippen molar-refractivity contribution in [1.29, 1.82) is 0 Å². The Hall–Kier alpha value is -0.480. The lowest BCUT2D eigenvalue weighted by Crippen LogP contribution is -2.67. The van der Waals surface area contributed by atoms with Gasteiger partial charge in [0.2, 0.25) is 5.79 Å². The highest BCUT2D eigenvalue weighted by Gasteiger charge is 2.59. The second-order valence-electron chi connectivity index (χ2n) is 6.85. The van der Waals surface area contributed by atoms with Gasteiger partial charge in [0.05, 0.1) is 13.2 Å². The molecule has 0 aromatic rings. The summed E-state index contributed by atoms with van der Waals surface area (Å²) in [5.74, 6) is -3.59. The van der Waals surface area contributed by atoms with Crippen molar-refractivity contribution in [3.05, 3.63) is 0 Å². The normalized spacial score (nSPS) is 53.3. The molecule has 12 heteroatoms. The molecular weight excluding hydrogens is 372 g/mol. The van der Waals surface area contributed by atoms with E-state index >= 15 is 0 Å². The Balaban J connectivity index is 1.75. The summed E-state index contributed by atoms with van der Waals surface area (Å²) < 4.78 is 32.3. The fourth-order valence-corrected chi connectivity index (χ4v) is 3.37. The van der Waals surface area contributed by atoms with E-state index < -0.39 is 74.0 Å². The summed E-state index contributed by atoms with van der Waals surface area (Å²) in [7, 11) is 1.35. The predicted octanol–water partition coefficient (Wildman–Crippen LogP) is -4.01. The summed E-state index contributed by atoms with van der Waals surface area (Å²) in [6.45, 7) is -0.115. The number of aliphatic hydroxyl groups excluding tert-OH is 6. The molecule has 0 aromatic heterocycles. The molecule has 3 aliphatic heterocycles. The van der Waals surface area contributed by atoms with Crippen LogP contribution in [0.25, 0.3) is 0 Å². The van der Waals surface area contributed by atoms with Crippen LogP contribution in [0.1, 0.15) is 6.92 Å². The van der Waals surface area contributed by atoms with Crippen molar-refractivity contribution in [2.75, 3.05) is 26.9 Å². The highest BCUT2D eigenvalue weighted by Crippen LogP contribution is 2.38. The van der Waals surface area contributed by atoms with E-state index in [9.17, 15) is 30.6 Å². The monoisotopic (exact) mass is 398 g/mol. The van der Waals surface area contributed by atoms with Gasteiger partial charge in [0.1, 0.15) is 49.3 Å². The molecular formula is C15H26O12. The van der Waals surface area contributed by atoms with Crippen molar-refractivity contribution >= 4 is 0 Å². The Bertz CT molecular complexity index is 519. The van der Waals surface area contributed by atoms with Crippen LogP contribution in [0.3, 0.4) is 0 Å². The third-order valence-corrected chi connectivity index (χ3v) is 5.09. The van der Waals surface area contributed by atoms with Crippen molar-refractivity contribution in [2.45, 2.75) is 67.7 Å². The molecule has 0 saturated carbocycles. The lowest BCUT2D eigenvalue weighted by Gasteiger charge is -2.49. The van der Waals surface area contributed by atoms with Crippen LogP contribution in [0, 0.1) is 0 Å². The molecule has 3 heterocycles. The minimum Gasteiger partial charge on any atom is -0.394 e. The third kappa shape index (κ3) is 3.61. The quantitative estimate of drug-likeness (QED) is 0.265. The van der Waals surface area contributed by atoms with E-state index in [-0.39, 0.29) is 6.61 Å². The van der Waals surface area contributed by atoms with Gasteiger partial charge in [-0.05, 0) is 0 Å². The molecule has 3 saturated heterocycles. The summed E-state index contributed by atoms with van der Waals surface area (Å²) in [5.41, 5.74) is 0. The van der Waals surface area contributed by atoms with E-state index in [2.05, 4.69) is 0 Å². The maximum atomic E-state index is 10.4. The van der Waals surface area contributed by atoms with Crippen LogP contribution in [0.5, 0.6) is 0 Å². The molecule has 3 aliphatic rings. The van der Waals surface area contributed by atoms with E-state index in [1.807, 2.05) is 0 Å². The van der Waals surface area contributed by atoms with Crippen molar-refractivity contribution in [3.8, 4) is 0 Å². The maximum Gasteiger partial charge on any atom is 0.280 e. The first-order valence-electron chi connectivity index (χ1n) is 8.52. The fourth-order valence-electron chi connectivity index (χ4n) is 3.37. The van der Waals surface area contributed by atoms with Crippen molar-refractivity contribution < 1.29 is 59.1 Å². The average Bonchev–Trinajstić information content (AvgIpc) is 2.91. The zero-order chi connectivity index (χ0) is 20.0. The number of rotatable bonds is 5. The minimum absolute atomic E-state index is 0.0595. The third-order valence-electron chi connectivity index (χ3n) is 5.09. The minimum atomic E-state index is -2.16. The molecule has 6 N–H and O–H groups in total. The van der Waals surface area contributed by atoms with Crippen LogP contribution in [0.2, 0.25) is 0 Å². The summed E-state index contributed by atoms with van der Waals surface area (Å²) in [4.78, 5) is 0. The number of fused-ring (bicyclic) bond motifs is 1. The van der Waals surface area contributed by atoms with Crippen LogP contribution >= 0.6 is 0 Å². The van der Waals surface area contributed by atoms with E-state index in [4.69, 9.17) is 28.4 Å². The highest BCUT2D eigenvalue weighted by molar-refractivity contribution is 4.99. The number of ether oxygens (including phenoxy) is 6. The Morgan fingerprint density at radius 3 is 2.30 bits per heavy atom. The number of methoxy groups -OCH3 is 1. The summed E-state index contributed by atoms with van der Waals surface area (Å²) in [5, 5.41) is 59.8. The Kier molecular flexibility index (Phi) is 6.09. The van der Waals surface area contributed by atoms with Gasteiger partial charge in [-0.3, -0.25) is 0 Å². The first kappa shape index (κ1) is 21.2. The van der Waals surface area contributed by atoms with Gasteiger partial charge in [-0.2, -0.15) is 0 Å². The smallest absolute Gasteiger partial charge is 0.280 e. The van der Waals surface area contributed by atoms with Gasteiger partial charge in [0.15, 0.2) is 6.29 Å². The van der Waals surface area contributed by atoms with E-state index in [1.54, 1.807) is 0 Å². The van der Waals surface area contributed by atoms with Gasteiger partial charge >= 0.3 is 0 Å². The number of hydrogen-bond acceptors (Lipinski definition) is 12. The van der Waals surface area contributed by atoms with E-state index in [0.717, 1.165) is 0 Å². The molecule has 12 nitrogen and oxygen atoms in total. The fraction of sp³-hybridized carbons (Fsp3) is 1.00. The predicted molar refractivity (Wildman–Crippen MR) is 81.8 cm³/mol. The van der Waals surface area contributed by atoms with Gasteiger partial charge in [-0.15, -0.1) is 0 Å². The van der Waals surface area contributed by atoms with Gasteiger partial charge < -0.3 is 59.1 Å².